The third-order valence-electron chi connectivity index (χ3n) is 5.08. The highest BCUT2D eigenvalue weighted by Crippen LogP contribution is 2.59. The van der Waals surface area contributed by atoms with Crippen molar-refractivity contribution in [2.75, 3.05) is 12.1 Å². The molecule has 1 aliphatic carbocycles. The van der Waals surface area contributed by atoms with Crippen LogP contribution in [0.25, 0.3) is 0 Å². The van der Waals surface area contributed by atoms with Gasteiger partial charge in [0.25, 0.3) is 0 Å². The lowest BCUT2D eigenvalue weighted by Gasteiger charge is -2.12. The molecule has 0 radical (unpaired) electrons. The van der Waals surface area contributed by atoms with Crippen molar-refractivity contribution < 1.29 is 14.3 Å². The third-order valence-corrected chi connectivity index (χ3v) is 5.08. The van der Waals surface area contributed by atoms with Crippen LogP contribution in [0.5, 0.6) is 11.5 Å². The van der Waals surface area contributed by atoms with E-state index in [-0.39, 0.29) is 24.0 Å². The van der Waals surface area contributed by atoms with Crippen molar-refractivity contribution in [2.24, 2.45) is 17.3 Å². The van der Waals surface area contributed by atoms with E-state index in [2.05, 4.69) is 46.0 Å². The maximum atomic E-state index is 12.8. The van der Waals surface area contributed by atoms with Gasteiger partial charge in [0.15, 0.2) is 11.5 Å². The zero-order valence-electron chi connectivity index (χ0n) is 15.2. The van der Waals surface area contributed by atoms with Crippen LogP contribution in [-0.4, -0.2) is 12.7 Å². The lowest BCUT2D eigenvalue weighted by molar-refractivity contribution is -0.118. The quantitative estimate of drug-likeness (QED) is 0.807. The van der Waals surface area contributed by atoms with Gasteiger partial charge in [0.05, 0.1) is 5.92 Å². The Kier molecular flexibility index (Phi) is 4.33. The Labute approximate surface area is 144 Å². The van der Waals surface area contributed by atoms with E-state index in [1.165, 1.54) is 5.57 Å². The standard InChI is InChI=1S/C20H27NO3/c1-6-7-13-9-16-17(24-11-23-16)10-15(13)21-19(22)18-14(8-12(2)3)20(18,4)5/h8-10,14,18H,6-7,11H2,1-5H3,(H,21,22)/t14-,18+/m0/s1. The lowest BCUT2D eigenvalue weighted by Crippen LogP contribution is -2.18. The van der Waals surface area contributed by atoms with Gasteiger partial charge in [-0.05, 0) is 43.2 Å². The van der Waals surface area contributed by atoms with Crippen LogP contribution in [0.15, 0.2) is 23.8 Å². The number of anilines is 1. The molecule has 4 heteroatoms. The van der Waals surface area contributed by atoms with Crippen LogP contribution in [0.4, 0.5) is 5.69 Å². The number of fused-ring (bicyclic) bond motifs is 1. The first-order valence-electron chi connectivity index (χ1n) is 8.73. The molecule has 1 aromatic carbocycles. The molecule has 2 aliphatic rings. The van der Waals surface area contributed by atoms with Gasteiger partial charge in [0.1, 0.15) is 0 Å². The molecule has 0 unspecified atom stereocenters. The average Bonchev–Trinajstić information content (AvgIpc) is 2.83. The molecule has 2 atom stereocenters. The Morgan fingerprint density at radius 1 is 1.29 bits per heavy atom. The first-order chi connectivity index (χ1) is 11.3. The van der Waals surface area contributed by atoms with Crippen molar-refractivity contribution in [3.05, 3.63) is 29.3 Å². The maximum Gasteiger partial charge on any atom is 0.231 e. The zero-order valence-corrected chi connectivity index (χ0v) is 15.2. The summed E-state index contributed by atoms with van der Waals surface area (Å²) in [6.07, 6.45) is 4.13. The Morgan fingerprint density at radius 3 is 2.58 bits per heavy atom. The molecule has 3 rings (SSSR count). The van der Waals surface area contributed by atoms with Crippen molar-refractivity contribution in [3.63, 3.8) is 0 Å². The summed E-state index contributed by atoms with van der Waals surface area (Å²) in [6.45, 7) is 10.9. The second-order valence-electron chi connectivity index (χ2n) is 7.67. The van der Waals surface area contributed by atoms with Crippen molar-refractivity contribution in [1.82, 2.24) is 0 Å². The SMILES string of the molecule is CCCc1cc2c(cc1NC(=O)[C@H]1[C@H](C=C(C)C)C1(C)C)OCO2. The van der Waals surface area contributed by atoms with E-state index in [1.54, 1.807) is 0 Å². The minimum absolute atomic E-state index is 0.0165. The molecule has 0 aromatic heterocycles. The van der Waals surface area contributed by atoms with E-state index < -0.39 is 0 Å². The summed E-state index contributed by atoms with van der Waals surface area (Å²) in [7, 11) is 0. The van der Waals surface area contributed by atoms with Crippen molar-refractivity contribution >= 4 is 11.6 Å². The topological polar surface area (TPSA) is 47.6 Å². The Balaban J connectivity index is 1.81. The molecule has 1 fully saturated rings. The van der Waals surface area contributed by atoms with Crippen LogP contribution in [0.3, 0.4) is 0 Å². The van der Waals surface area contributed by atoms with Crippen molar-refractivity contribution in [2.45, 2.75) is 47.5 Å². The molecule has 1 aromatic rings. The number of nitrogens with one attached hydrogen (secondary N) is 1. The lowest BCUT2D eigenvalue weighted by atomic mass is 10.1. The highest BCUT2D eigenvalue weighted by atomic mass is 16.7. The number of ether oxygens (including phenoxy) is 2. The first-order valence-corrected chi connectivity index (χ1v) is 8.73. The van der Waals surface area contributed by atoms with Gasteiger partial charge in [-0.3, -0.25) is 4.79 Å². The number of carbonyl (C=O) groups excluding carboxylic acids is 1. The largest absolute Gasteiger partial charge is 0.454 e. The van der Waals surface area contributed by atoms with Crippen molar-refractivity contribution in [1.29, 1.82) is 0 Å². The van der Waals surface area contributed by atoms with Gasteiger partial charge in [-0.1, -0.05) is 38.8 Å². The molecule has 1 saturated carbocycles. The van der Waals surface area contributed by atoms with E-state index in [0.29, 0.717) is 11.7 Å². The number of allylic oxidation sites excluding steroid dienone is 2. The summed E-state index contributed by atoms with van der Waals surface area (Å²) >= 11 is 0. The van der Waals surface area contributed by atoms with E-state index in [1.807, 2.05) is 12.1 Å². The fraction of sp³-hybridized carbons (Fsp3) is 0.550. The zero-order chi connectivity index (χ0) is 17.5. The molecule has 1 N–H and O–H groups in total. The summed E-state index contributed by atoms with van der Waals surface area (Å²) in [5, 5.41) is 3.14. The monoisotopic (exact) mass is 329 g/mol. The number of hydrogen-bond acceptors (Lipinski definition) is 3. The van der Waals surface area contributed by atoms with Gasteiger partial charge in [-0.15, -0.1) is 0 Å². The second-order valence-corrected chi connectivity index (χ2v) is 7.67. The summed E-state index contributed by atoms with van der Waals surface area (Å²) in [5.41, 5.74) is 3.23. The molecule has 24 heavy (non-hydrogen) atoms. The van der Waals surface area contributed by atoms with E-state index >= 15 is 0 Å². The highest BCUT2D eigenvalue weighted by molar-refractivity contribution is 5.96. The van der Waals surface area contributed by atoms with Gasteiger partial charge in [0.2, 0.25) is 12.7 Å². The predicted molar refractivity (Wildman–Crippen MR) is 95.4 cm³/mol. The van der Waals surface area contributed by atoms with E-state index in [0.717, 1.165) is 29.8 Å². The van der Waals surface area contributed by atoms with Gasteiger partial charge in [0, 0.05) is 11.8 Å². The average molecular weight is 329 g/mol. The second kappa shape index (κ2) is 6.15. The summed E-state index contributed by atoms with van der Waals surface area (Å²) in [4.78, 5) is 12.8. The predicted octanol–water partition coefficient (Wildman–Crippen LogP) is 4.54. The van der Waals surface area contributed by atoms with Crippen LogP contribution in [0.2, 0.25) is 0 Å². The first kappa shape index (κ1) is 16.9. The smallest absolute Gasteiger partial charge is 0.231 e. The molecule has 4 nitrogen and oxygen atoms in total. The van der Waals surface area contributed by atoms with Crippen LogP contribution < -0.4 is 14.8 Å². The minimum atomic E-state index is 0.0165. The van der Waals surface area contributed by atoms with Gasteiger partial charge < -0.3 is 14.8 Å². The maximum absolute atomic E-state index is 12.8. The van der Waals surface area contributed by atoms with Crippen LogP contribution in [-0.2, 0) is 11.2 Å². The molecule has 0 bridgehead atoms. The van der Waals surface area contributed by atoms with Crippen LogP contribution >= 0.6 is 0 Å². The van der Waals surface area contributed by atoms with Gasteiger partial charge in [-0.25, -0.2) is 0 Å². The molecule has 130 valence electrons. The van der Waals surface area contributed by atoms with Crippen molar-refractivity contribution in [3.8, 4) is 11.5 Å². The number of hydrogen-bond donors (Lipinski definition) is 1. The highest BCUT2D eigenvalue weighted by Gasteiger charge is 2.60. The number of benzene rings is 1. The molecule has 1 amide bonds. The summed E-state index contributed by atoms with van der Waals surface area (Å²) < 4.78 is 10.9. The number of amides is 1. The minimum Gasteiger partial charge on any atom is -0.454 e. The molecule has 1 aliphatic heterocycles. The van der Waals surface area contributed by atoms with Crippen LogP contribution in [0.1, 0.15) is 46.6 Å². The molecule has 0 spiro atoms. The van der Waals surface area contributed by atoms with Crippen LogP contribution in [0, 0.1) is 17.3 Å². The Hall–Kier alpha value is -1.97. The fourth-order valence-corrected chi connectivity index (χ4v) is 3.64. The number of rotatable bonds is 5. The number of aryl methyl sites for hydroxylation is 1. The molecule has 0 saturated heterocycles. The van der Waals surface area contributed by atoms with E-state index in [9.17, 15) is 4.79 Å². The van der Waals surface area contributed by atoms with E-state index in [4.69, 9.17) is 9.47 Å². The Bertz CT molecular complexity index is 686. The normalized spacial score (nSPS) is 22.9. The summed E-state index contributed by atoms with van der Waals surface area (Å²) in [6, 6.07) is 3.89. The third kappa shape index (κ3) is 3.02. The molecule has 1 heterocycles. The number of carbonyl (C=O) groups is 1. The molecular weight excluding hydrogens is 302 g/mol. The summed E-state index contributed by atoms with van der Waals surface area (Å²) in [5.74, 6) is 1.91. The van der Waals surface area contributed by atoms with Gasteiger partial charge >= 0.3 is 0 Å². The molecular formula is C20H27NO3. The Morgan fingerprint density at radius 2 is 1.96 bits per heavy atom. The fourth-order valence-electron chi connectivity index (χ4n) is 3.64. The van der Waals surface area contributed by atoms with Gasteiger partial charge in [-0.2, -0.15) is 0 Å².